The Labute approximate surface area is 129 Å². The van der Waals surface area contributed by atoms with Gasteiger partial charge >= 0.3 is 0 Å². The largest absolute Gasteiger partial charge is 0.321 e. The highest BCUT2D eigenvalue weighted by Gasteiger charge is 2.24. The zero-order chi connectivity index (χ0) is 15.5. The predicted octanol–water partition coefficient (Wildman–Crippen LogP) is 3.86. The third-order valence-electron chi connectivity index (χ3n) is 3.76. The van der Waals surface area contributed by atoms with E-state index in [1.165, 1.54) is 11.6 Å². The molecule has 110 valence electrons. The first-order valence-electron chi connectivity index (χ1n) is 7.44. The first-order valence-corrected chi connectivity index (χ1v) is 7.44. The van der Waals surface area contributed by atoms with E-state index in [9.17, 15) is 9.59 Å². The van der Waals surface area contributed by atoms with E-state index in [0.717, 1.165) is 24.1 Å². The number of amides is 1. The molecule has 0 unspecified atom stereocenters. The Morgan fingerprint density at radius 3 is 2.55 bits per heavy atom. The van der Waals surface area contributed by atoms with Crippen LogP contribution in [0.5, 0.6) is 0 Å². The van der Waals surface area contributed by atoms with Crippen molar-refractivity contribution >= 4 is 23.0 Å². The smallest absolute Gasteiger partial charge is 0.256 e. The summed E-state index contributed by atoms with van der Waals surface area (Å²) in [6.45, 7) is 2.12. The molecule has 0 saturated carbocycles. The number of hydrogen-bond acceptors (Lipinski definition) is 2. The van der Waals surface area contributed by atoms with Crippen LogP contribution in [0.15, 0.2) is 54.6 Å². The second-order valence-corrected chi connectivity index (χ2v) is 5.37. The third-order valence-corrected chi connectivity index (χ3v) is 3.76. The van der Waals surface area contributed by atoms with Crippen LogP contribution in [0, 0.1) is 0 Å². The number of aryl methyl sites for hydroxylation is 1. The predicted molar refractivity (Wildman–Crippen MR) is 87.8 cm³/mol. The molecule has 0 aliphatic carbocycles. The number of benzene rings is 2. The van der Waals surface area contributed by atoms with Crippen molar-refractivity contribution in [2.24, 2.45) is 0 Å². The van der Waals surface area contributed by atoms with Gasteiger partial charge in [0.2, 0.25) is 0 Å². The van der Waals surface area contributed by atoms with Crippen LogP contribution in [0.3, 0.4) is 0 Å². The van der Waals surface area contributed by atoms with Gasteiger partial charge in [-0.05, 0) is 24.1 Å². The van der Waals surface area contributed by atoms with Gasteiger partial charge in [-0.3, -0.25) is 9.59 Å². The van der Waals surface area contributed by atoms with Gasteiger partial charge in [0, 0.05) is 16.8 Å². The third kappa shape index (κ3) is 2.70. The van der Waals surface area contributed by atoms with Crippen LogP contribution in [0.4, 0.5) is 5.69 Å². The van der Waals surface area contributed by atoms with Crippen molar-refractivity contribution in [2.45, 2.75) is 19.8 Å². The summed E-state index contributed by atoms with van der Waals surface area (Å²) in [6.07, 6.45) is 3.51. The van der Waals surface area contributed by atoms with Gasteiger partial charge in [-0.25, -0.2) is 0 Å². The fourth-order valence-electron chi connectivity index (χ4n) is 2.62. The average Bonchev–Trinajstić information content (AvgIpc) is 2.84. The monoisotopic (exact) mass is 291 g/mol. The van der Waals surface area contributed by atoms with Crippen molar-refractivity contribution in [3.63, 3.8) is 0 Å². The van der Waals surface area contributed by atoms with Crippen LogP contribution in [0.25, 0.3) is 5.57 Å². The van der Waals surface area contributed by atoms with E-state index in [2.05, 4.69) is 12.2 Å². The molecule has 3 nitrogen and oxygen atoms in total. The highest BCUT2D eigenvalue weighted by Crippen LogP contribution is 2.31. The van der Waals surface area contributed by atoms with Gasteiger partial charge in [0.25, 0.3) is 5.91 Å². The van der Waals surface area contributed by atoms with E-state index in [0.29, 0.717) is 11.1 Å². The topological polar surface area (TPSA) is 46.2 Å². The van der Waals surface area contributed by atoms with Gasteiger partial charge in [0.15, 0.2) is 5.78 Å². The van der Waals surface area contributed by atoms with Crippen LogP contribution < -0.4 is 5.32 Å². The van der Waals surface area contributed by atoms with Crippen LogP contribution in [-0.4, -0.2) is 11.7 Å². The number of rotatable bonds is 4. The fraction of sp³-hybridized carbons (Fsp3) is 0.158. The highest BCUT2D eigenvalue weighted by atomic mass is 16.2. The molecule has 0 fully saturated rings. The van der Waals surface area contributed by atoms with E-state index >= 15 is 0 Å². The number of hydrogen-bond donors (Lipinski definition) is 1. The lowest BCUT2D eigenvalue weighted by molar-refractivity contribution is -0.110. The van der Waals surface area contributed by atoms with E-state index in [1.54, 1.807) is 0 Å². The van der Waals surface area contributed by atoms with Crippen molar-refractivity contribution in [1.82, 2.24) is 0 Å². The summed E-state index contributed by atoms with van der Waals surface area (Å²) in [5.41, 5.74) is 3.78. The molecule has 22 heavy (non-hydrogen) atoms. The summed E-state index contributed by atoms with van der Waals surface area (Å²) < 4.78 is 0. The van der Waals surface area contributed by atoms with Crippen molar-refractivity contribution in [3.8, 4) is 0 Å². The molecule has 0 atom stereocenters. The quantitative estimate of drug-likeness (QED) is 0.687. The Bertz CT molecular complexity index is 757. The summed E-state index contributed by atoms with van der Waals surface area (Å²) in [6, 6.07) is 15.0. The van der Waals surface area contributed by atoms with Crippen molar-refractivity contribution < 1.29 is 9.59 Å². The second-order valence-electron chi connectivity index (χ2n) is 5.37. The zero-order valence-corrected chi connectivity index (χ0v) is 12.4. The van der Waals surface area contributed by atoms with Crippen molar-refractivity contribution in [1.29, 1.82) is 0 Å². The minimum absolute atomic E-state index is 0.148. The number of allylic oxidation sites excluding steroid dienone is 1. The maximum atomic E-state index is 12.4. The van der Waals surface area contributed by atoms with Gasteiger partial charge < -0.3 is 5.32 Å². The van der Waals surface area contributed by atoms with Crippen LogP contribution in [0.1, 0.15) is 34.8 Å². The molecule has 1 heterocycles. The summed E-state index contributed by atoms with van der Waals surface area (Å²) in [5, 5.41) is 2.77. The number of para-hydroxylation sites is 1. The molecule has 0 bridgehead atoms. The first kappa shape index (κ1) is 14.3. The summed E-state index contributed by atoms with van der Waals surface area (Å²) in [5.74, 6) is -0.373. The molecule has 3 heteroatoms. The molecule has 0 saturated heterocycles. The van der Waals surface area contributed by atoms with Gasteiger partial charge in [-0.1, -0.05) is 55.8 Å². The molecular formula is C19H17NO2. The SMILES string of the molecule is CCCc1ccc(C(=O)C=C2C(=O)Nc3ccccc32)cc1. The van der Waals surface area contributed by atoms with E-state index in [-0.39, 0.29) is 11.7 Å². The lowest BCUT2D eigenvalue weighted by atomic mass is 10.0. The first-order chi connectivity index (χ1) is 10.7. The van der Waals surface area contributed by atoms with Gasteiger partial charge in [0.05, 0.1) is 5.57 Å². The molecule has 1 N–H and O–H groups in total. The van der Waals surface area contributed by atoms with Gasteiger partial charge in [-0.2, -0.15) is 0 Å². The molecule has 0 spiro atoms. The second kappa shape index (κ2) is 5.98. The van der Waals surface area contributed by atoms with Crippen LogP contribution >= 0.6 is 0 Å². The van der Waals surface area contributed by atoms with Gasteiger partial charge in [-0.15, -0.1) is 0 Å². The molecule has 3 rings (SSSR count). The van der Waals surface area contributed by atoms with E-state index < -0.39 is 0 Å². The molecule has 1 amide bonds. The number of fused-ring (bicyclic) bond motifs is 1. The summed E-state index contributed by atoms with van der Waals surface area (Å²) >= 11 is 0. The van der Waals surface area contributed by atoms with Crippen LogP contribution in [-0.2, 0) is 11.2 Å². The van der Waals surface area contributed by atoms with Crippen molar-refractivity contribution in [3.05, 3.63) is 71.3 Å². The van der Waals surface area contributed by atoms with E-state index in [1.807, 2.05) is 48.5 Å². The average molecular weight is 291 g/mol. The standard InChI is InChI=1S/C19H17NO2/c1-2-5-13-8-10-14(11-9-13)18(21)12-16-15-6-3-4-7-17(15)20-19(16)22/h3-4,6-12H,2,5H2,1H3,(H,20,22). The minimum Gasteiger partial charge on any atom is -0.321 e. The number of anilines is 1. The molecular weight excluding hydrogens is 274 g/mol. The highest BCUT2D eigenvalue weighted by molar-refractivity contribution is 6.35. The molecule has 1 aliphatic heterocycles. The molecule has 0 radical (unpaired) electrons. The lowest BCUT2D eigenvalue weighted by Gasteiger charge is -2.01. The lowest BCUT2D eigenvalue weighted by Crippen LogP contribution is -2.06. The molecule has 2 aromatic rings. The molecule has 2 aromatic carbocycles. The Morgan fingerprint density at radius 2 is 1.82 bits per heavy atom. The van der Waals surface area contributed by atoms with Gasteiger partial charge in [0.1, 0.15) is 0 Å². The summed E-state index contributed by atoms with van der Waals surface area (Å²) in [4.78, 5) is 24.4. The van der Waals surface area contributed by atoms with E-state index in [4.69, 9.17) is 0 Å². The minimum atomic E-state index is -0.225. The maximum absolute atomic E-state index is 12.4. The maximum Gasteiger partial charge on any atom is 0.256 e. The number of nitrogens with one attached hydrogen (secondary N) is 1. The number of carbonyl (C=O) groups is 2. The summed E-state index contributed by atoms with van der Waals surface area (Å²) in [7, 11) is 0. The zero-order valence-electron chi connectivity index (χ0n) is 12.4. The molecule has 0 aromatic heterocycles. The Kier molecular flexibility index (Phi) is 3.88. The Balaban J connectivity index is 1.88. The Hall–Kier alpha value is -2.68. The fourth-order valence-corrected chi connectivity index (χ4v) is 2.62. The van der Waals surface area contributed by atoms with Crippen LogP contribution in [0.2, 0.25) is 0 Å². The molecule has 1 aliphatic rings. The normalized spacial score (nSPS) is 14.8. The number of ketones is 1. The van der Waals surface area contributed by atoms with Crippen molar-refractivity contribution in [2.75, 3.05) is 5.32 Å². The number of carbonyl (C=O) groups excluding carboxylic acids is 2. The Morgan fingerprint density at radius 1 is 1.09 bits per heavy atom.